The van der Waals surface area contributed by atoms with Crippen molar-refractivity contribution in [3.8, 4) is 6.07 Å². The lowest BCUT2D eigenvalue weighted by atomic mass is 10.1. The Morgan fingerprint density at radius 1 is 1.22 bits per heavy atom. The molecule has 0 spiro atoms. The second-order valence-electron chi connectivity index (χ2n) is 8.80. The average Bonchev–Trinajstić information content (AvgIpc) is 3.62. The molecule has 0 bridgehead atoms. The third kappa shape index (κ3) is 4.72. The average molecular weight is 509 g/mol. The van der Waals surface area contributed by atoms with Crippen molar-refractivity contribution in [3.63, 3.8) is 0 Å². The van der Waals surface area contributed by atoms with Crippen LogP contribution in [0, 0.1) is 17.9 Å². The first-order valence-electron chi connectivity index (χ1n) is 11.7. The summed E-state index contributed by atoms with van der Waals surface area (Å²) in [5.74, 6) is 1.000. The Morgan fingerprint density at radius 3 is 2.61 bits per heavy atom. The highest BCUT2D eigenvalue weighted by molar-refractivity contribution is 6.36. The van der Waals surface area contributed by atoms with Gasteiger partial charge in [0, 0.05) is 32.2 Å². The van der Waals surface area contributed by atoms with Crippen molar-refractivity contribution in [1.82, 2.24) is 24.5 Å². The Bertz CT molecular complexity index is 1350. The molecule has 0 atom stereocenters. The van der Waals surface area contributed by atoms with Crippen LogP contribution in [0.4, 0.5) is 29.0 Å². The van der Waals surface area contributed by atoms with E-state index in [0.717, 1.165) is 12.8 Å². The lowest BCUT2D eigenvalue weighted by Crippen LogP contribution is -2.52. The van der Waals surface area contributed by atoms with Gasteiger partial charge in [-0.05, 0) is 25.0 Å². The number of halogens is 1. The molecule has 0 radical (unpaired) electrons. The van der Waals surface area contributed by atoms with Crippen molar-refractivity contribution in [2.45, 2.75) is 24.9 Å². The van der Waals surface area contributed by atoms with Crippen LogP contribution in [0.5, 0.6) is 0 Å². The van der Waals surface area contributed by atoms with E-state index in [-0.39, 0.29) is 31.0 Å². The number of piperazine rings is 1. The smallest absolute Gasteiger partial charge is 0.275 e. The predicted octanol–water partition coefficient (Wildman–Crippen LogP) is 1.99. The molecule has 0 unspecified atom stereocenters. The summed E-state index contributed by atoms with van der Waals surface area (Å²) in [6, 6.07) is 5.59. The van der Waals surface area contributed by atoms with Gasteiger partial charge in [0.25, 0.3) is 17.4 Å². The van der Waals surface area contributed by atoms with Crippen LogP contribution in [0.3, 0.4) is 0 Å². The summed E-state index contributed by atoms with van der Waals surface area (Å²) >= 11 is 6.82. The number of aromatic nitrogens is 4. The summed E-state index contributed by atoms with van der Waals surface area (Å²) in [5.41, 5.74) is 2.06. The van der Waals surface area contributed by atoms with Gasteiger partial charge in [-0.2, -0.15) is 10.2 Å². The first kappa shape index (κ1) is 24.0. The Kier molecular flexibility index (Phi) is 6.76. The first-order valence-corrected chi connectivity index (χ1v) is 12.0. The van der Waals surface area contributed by atoms with Crippen molar-refractivity contribution in [3.05, 3.63) is 40.3 Å². The molecule has 1 saturated carbocycles. The van der Waals surface area contributed by atoms with Crippen molar-refractivity contribution in [2.75, 3.05) is 54.9 Å². The Labute approximate surface area is 212 Å². The number of nitriles is 1. The lowest BCUT2D eigenvalue weighted by Gasteiger charge is -2.39. The molecular weight excluding hydrogens is 484 g/mol. The van der Waals surface area contributed by atoms with Gasteiger partial charge in [0.15, 0.2) is 5.82 Å². The molecule has 12 nitrogen and oxygen atoms in total. The lowest BCUT2D eigenvalue weighted by molar-refractivity contribution is 0.0700. The van der Waals surface area contributed by atoms with Gasteiger partial charge < -0.3 is 30.6 Å². The second kappa shape index (κ2) is 10.1. The summed E-state index contributed by atoms with van der Waals surface area (Å²) in [6.07, 6.45) is 3.54. The van der Waals surface area contributed by atoms with E-state index in [1.54, 1.807) is 12.1 Å². The minimum atomic E-state index is -0.292. The van der Waals surface area contributed by atoms with Crippen LogP contribution < -0.4 is 15.5 Å². The fraction of sp³-hybridized carbons (Fsp3) is 0.435. The number of aliphatic hydroxyl groups excluding tert-OH is 2. The zero-order valence-electron chi connectivity index (χ0n) is 19.4. The van der Waals surface area contributed by atoms with E-state index >= 15 is 0 Å². The molecule has 2 aromatic heterocycles. The van der Waals surface area contributed by atoms with E-state index in [2.05, 4.69) is 41.5 Å². The number of imidazole rings is 1. The third-order valence-electron chi connectivity index (χ3n) is 6.40. The highest BCUT2D eigenvalue weighted by Crippen LogP contribution is 2.37. The zero-order valence-corrected chi connectivity index (χ0v) is 20.1. The highest BCUT2D eigenvalue weighted by Gasteiger charge is 2.27. The number of benzene rings is 1. The minimum absolute atomic E-state index is 0.108. The fourth-order valence-corrected chi connectivity index (χ4v) is 4.52. The number of nitrogens with one attached hydrogen (secondary N) is 2. The number of nitrogens with zero attached hydrogens (tertiary/aromatic N) is 8. The van der Waals surface area contributed by atoms with Crippen molar-refractivity contribution >= 4 is 46.2 Å². The van der Waals surface area contributed by atoms with Crippen LogP contribution in [0.15, 0.2) is 18.3 Å². The molecule has 2 aliphatic rings. The molecular formula is C23H25ClN10O2. The standard InChI is InChI=1S/C23H25ClN10O2/c1-26-19-11-27-22-21(28-15-2-3-15)30-23(31-34(19)22)29-17-8-14(10-25)9-18(20(17)24)33-6-4-32(5-7-33)16(12-35)13-36/h8-9,11,15-16,35-36H,2-7,12-13H2,(H2,28,29,30,31). The summed E-state index contributed by atoms with van der Waals surface area (Å²) in [4.78, 5) is 16.5. The maximum Gasteiger partial charge on any atom is 0.275 e. The van der Waals surface area contributed by atoms with Gasteiger partial charge in [0.1, 0.15) is 0 Å². The molecule has 36 heavy (non-hydrogen) atoms. The monoisotopic (exact) mass is 508 g/mol. The van der Waals surface area contributed by atoms with Gasteiger partial charge in [-0.25, -0.2) is 4.98 Å². The van der Waals surface area contributed by atoms with Crippen LogP contribution in [-0.2, 0) is 0 Å². The fourth-order valence-electron chi connectivity index (χ4n) is 4.25. The van der Waals surface area contributed by atoms with Gasteiger partial charge in [-0.3, -0.25) is 4.90 Å². The van der Waals surface area contributed by atoms with Gasteiger partial charge in [-0.1, -0.05) is 23.3 Å². The summed E-state index contributed by atoms with van der Waals surface area (Å²) < 4.78 is 1.44. The molecule has 5 rings (SSSR count). The minimum Gasteiger partial charge on any atom is -0.395 e. The number of fused-ring (bicyclic) bond motifs is 1. The summed E-state index contributed by atoms with van der Waals surface area (Å²) in [7, 11) is 0. The zero-order chi connectivity index (χ0) is 25.2. The van der Waals surface area contributed by atoms with E-state index in [9.17, 15) is 15.5 Å². The van der Waals surface area contributed by atoms with E-state index in [1.165, 1.54) is 10.7 Å². The molecule has 1 aromatic carbocycles. The Hall–Kier alpha value is -3.68. The highest BCUT2D eigenvalue weighted by atomic mass is 35.5. The quantitative estimate of drug-likeness (QED) is 0.333. The van der Waals surface area contributed by atoms with E-state index in [4.69, 9.17) is 18.2 Å². The Morgan fingerprint density at radius 2 is 1.97 bits per heavy atom. The second-order valence-corrected chi connectivity index (χ2v) is 9.18. The van der Waals surface area contributed by atoms with Crippen LogP contribution >= 0.6 is 11.6 Å². The van der Waals surface area contributed by atoms with Gasteiger partial charge in [0.2, 0.25) is 0 Å². The maximum absolute atomic E-state index is 9.66. The van der Waals surface area contributed by atoms with Gasteiger partial charge in [0.05, 0.1) is 53.5 Å². The molecule has 4 N–H and O–H groups in total. The van der Waals surface area contributed by atoms with E-state index in [0.29, 0.717) is 65.6 Å². The molecule has 13 heteroatoms. The molecule has 1 saturated heterocycles. The van der Waals surface area contributed by atoms with Crippen LogP contribution in [0.25, 0.3) is 10.5 Å². The number of anilines is 4. The summed E-state index contributed by atoms with van der Waals surface area (Å²) in [5, 5.41) is 40.0. The molecule has 2 fully saturated rings. The first-order chi connectivity index (χ1) is 17.5. The topological polar surface area (TPSA) is 142 Å². The van der Waals surface area contributed by atoms with Crippen LogP contribution in [0.1, 0.15) is 18.4 Å². The van der Waals surface area contributed by atoms with Crippen LogP contribution in [-0.4, -0.2) is 86.2 Å². The molecule has 0 amide bonds. The number of aliphatic hydroxyl groups is 2. The van der Waals surface area contributed by atoms with E-state index < -0.39 is 0 Å². The maximum atomic E-state index is 9.66. The van der Waals surface area contributed by atoms with Crippen molar-refractivity contribution in [1.29, 1.82) is 5.26 Å². The van der Waals surface area contributed by atoms with Gasteiger partial charge in [-0.15, -0.1) is 4.52 Å². The van der Waals surface area contributed by atoms with Crippen LogP contribution in [0.2, 0.25) is 5.02 Å². The molecule has 1 aliphatic carbocycles. The number of rotatable bonds is 8. The predicted molar refractivity (Wildman–Crippen MR) is 135 cm³/mol. The number of hydrogen-bond acceptors (Lipinski definition) is 10. The molecule has 3 heterocycles. The van der Waals surface area contributed by atoms with E-state index in [1.807, 2.05) is 4.90 Å². The van der Waals surface area contributed by atoms with Crippen molar-refractivity contribution in [2.24, 2.45) is 0 Å². The number of hydrogen-bond donors (Lipinski definition) is 4. The SMILES string of the molecule is [C-]#[N+]c1cnc2c(NC3CC3)nc(Nc3cc(C#N)cc(N4CCN(C(CO)CO)CC4)c3Cl)nn12. The molecule has 3 aromatic rings. The Balaban J connectivity index is 1.45. The third-order valence-corrected chi connectivity index (χ3v) is 6.80. The molecule has 1 aliphatic heterocycles. The van der Waals surface area contributed by atoms with Crippen molar-refractivity contribution < 1.29 is 10.2 Å². The summed E-state index contributed by atoms with van der Waals surface area (Å²) in [6.45, 7) is 9.71. The molecule has 186 valence electrons. The largest absolute Gasteiger partial charge is 0.395 e. The van der Waals surface area contributed by atoms with Gasteiger partial charge >= 0.3 is 0 Å². The normalized spacial score (nSPS) is 16.2.